The number of hydrogen-bond acceptors (Lipinski definition) is 4. The topological polar surface area (TPSA) is 64.4 Å². The molecule has 0 spiro atoms. The van der Waals surface area contributed by atoms with E-state index in [1.165, 1.54) is 0 Å². The van der Waals surface area contributed by atoms with Crippen molar-refractivity contribution < 1.29 is 13.9 Å². The molecule has 0 atom stereocenters. The number of ether oxygens (including phenoxy) is 1. The number of pyridine rings is 1. The lowest BCUT2D eigenvalue weighted by atomic mass is 10.3. The Kier molecular flexibility index (Phi) is 5.76. The summed E-state index contributed by atoms with van der Waals surface area (Å²) in [6.07, 6.45) is 2.35. The molecule has 0 aromatic carbocycles. The van der Waals surface area contributed by atoms with Crippen molar-refractivity contribution in [1.82, 2.24) is 10.3 Å². The number of rotatable bonds is 7. The number of carbonyl (C=O) groups excluding carboxylic acids is 1. The van der Waals surface area contributed by atoms with Crippen molar-refractivity contribution in [1.29, 1.82) is 0 Å². The second-order valence-electron chi connectivity index (χ2n) is 4.09. The Balaban J connectivity index is 1.60. The number of halogens is 1. The quantitative estimate of drug-likeness (QED) is 0.622. The van der Waals surface area contributed by atoms with Crippen LogP contribution in [0.15, 0.2) is 45.6 Å². The molecule has 2 aromatic rings. The van der Waals surface area contributed by atoms with Crippen molar-refractivity contribution in [2.45, 2.75) is 13.0 Å². The second-order valence-corrected chi connectivity index (χ2v) is 4.90. The standard InChI is InChI=1S/C14H15BrN2O3/c15-13-6-1-5-12(17-13)14(18)16-7-3-8-19-10-11-4-2-9-20-11/h1-2,4-6,9H,3,7-8,10H2,(H,16,18). The largest absolute Gasteiger partial charge is 0.467 e. The van der Waals surface area contributed by atoms with Gasteiger partial charge < -0.3 is 14.5 Å². The number of hydrogen-bond donors (Lipinski definition) is 1. The molecule has 106 valence electrons. The molecule has 6 heteroatoms. The Bertz CT molecular complexity index is 543. The van der Waals surface area contributed by atoms with Gasteiger partial charge in [0.2, 0.25) is 0 Å². The molecular weight excluding hydrogens is 324 g/mol. The fourth-order valence-corrected chi connectivity index (χ4v) is 1.91. The molecule has 1 N–H and O–H groups in total. The summed E-state index contributed by atoms with van der Waals surface area (Å²) in [4.78, 5) is 15.8. The van der Waals surface area contributed by atoms with Gasteiger partial charge in [0.15, 0.2) is 0 Å². The normalized spacial score (nSPS) is 10.4. The fraction of sp³-hybridized carbons (Fsp3) is 0.286. The number of aromatic nitrogens is 1. The first-order chi connectivity index (χ1) is 9.75. The molecule has 0 saturated heterocycles. The van der Waals surface area contributed by atoms with Crippen LogP contribution in [0.25, 0.3) is 0 Å². The zero-order valence-electron chi connectivity index (χ0n) is 10.8. The Labute approximate surface area is 125 Å². The first kappa shape index (κ1) is 14.7. The minimum atomic E-state index is -0.183. The minimum absolute atomic E-state index is 0.183. The molecule has 2 heterocycles. The number of furan rings is 1. The van der Waals surface area contributed by atoms with E-state index >= 15 is 0 Å². The Morgan fingerprint density at radius 2 is 2.25 bits per heavy atom. The Morgan fingerprint density at radius 1 is 1.35 bits per heavy atom. The zero-order chi connectivity index (χ0) is 14.2. The third-order valence-corrected chi connectivity index (χ3v) is 2.96. The maximum absolute atomic E-state index is 11.8. The van der Waals surface area contributed by atoms with Gasteiger partial charge in [-0.1, -0.05) is 6.07 Å². The predicted molar refractivity (Wildman–Crippen MR) is 77.3 cm³/mol. The van der Waals surface area contributed by atoms with Gasteiger partial charge >= 0.3 is 0 Å². The average Bonchev–Trinajstić information content (AvgIpc) is 2.95. The van der Waals surface area contributed by atoms with Crippen LogP contribution in [0.5, 0.6) is 0 Å². The molecule has 2 rings (SSSR count). The van der Waals surface area contributed by atoms with Gasteiger partial charge in [-0.25, -0.2) is 4.98 Å². The maximum Gasteiger partial charge on any atom is 0.269 e. The summed E-state index contributed by atoms with van der Waals surface area (Å²) in [5.74, 6) is 0.615. The number of carbonyl (C=O) groups is 1. The van der Waals surface area contributed by atoms with Gasteiger partial charge in [0.25, 0.3) is 5.91 Å². The second kappa shape index (κ2) is 7.81. The highest BCUT2D eigenvalue weighted by atomic mass is 79.9. The molecule has 5 nitrogen and oxygen atoms in total. The van der Waals surface area contributed by atoms with E-state index in [2.05, 4.69) is 26.2 Å². The van der Waals surface area contributed by atoms with Crippen LogP contribution in [0.4, 0.5) is 0 Å². The molecule has 0 fully saturated rings. The van der Waals surface area contributed by atoms with E-state index in [1.54, 1.807) is 24.5 Å². The highest BCUT2D eigenvalue weighted by Gasteiger charge is 2.06. The zero-order valence-corrected chi connectivity index (χ0v) is 12.4. The van der Waals surface area contributed by atoms with Crippen molar-refractivity contribution >= 4 is 21.8 Å². The van der Waals surface area contributed by atoms with E-state index < -0.39 is 0 Å². The van der Waals surface area contributed by atoms with Crippen molar-refractivity contribution in [3.05, 3.63) is 52.7 Å². The predicted octanol–water partition coefficient (Wildman–Crippen LogP) is 2.77. The lowest BCUT2D eigenvalue weighted by Crippen LogP contribution is -2.26. The van der Waals surface area contributed by atoms with Gasteiger partial charge in [0, 0.05) is 13.2 Å². The van der Waals surface area contributed by atoms with Gasteiger partial charge in [-0.2, -0.15) is 0 Å². The van der Waals surface area contributed by atoms with E-state index in [1.807, 2.05) is 12.1 Å². The lowest BCUT2D eigenvalue weighted by Gasteiger charge is -2.05. The smallest absolute Gasteiger partial charge is 0.269 e. The highest BCUT2D eigenvalue weighted by Crippen LogP contribution is 2.06. The lowest BCUT2D eigenvalue weighted by molar-refractivity contribution is 0.0913. The van der Waals surface area contributed by atoms with Crippen molar-refractivity contribution in [2.24, 2.45) is 0 Å². The molecule has 0 unspecified atom stereocenters. The van der Waals surface area contributed by atoms with Crippen LogP contribution in [0.2, 0.25) is 0 Å². The molecule has 0 bridgehead atoms. The molecule has 0 aliphatic carbocycles. The van der Waals surface area contributed by atoms with Crippen LogP contribution in [0.3, 0.4) is 0 Å². The van der Waals surface area contributed by atoms with E-state index in [0.717, 1.165) is 12.2 Å². The van der Waals surface area contributed by atoms with Crippen LogP contribution in [-0.4, -0.2) is 24.0 Å². The van der Waals surface area contributed by atoms with Crippen LogP contribution in [0.1, 0.15) is 22.7 Å². The molecule has 2 aromatic heterocycles. The molecular formula is C14H15BrN2O3. The third kappa shape index (κ3) is 4.79. The summed E-state index contributed by atoms with van der Waals surface area (Å²) >= 11 is 3.23. The first-order valence-corrected chi connectivity index (χ1v) is 7.06. The molecule has 20 heavy (non-hydrogen) atoms. The monoisotopic (exact) mass is 338 g/mol. The SMILES string of the molecule is O=C(NCCCOCc1ccco1)c1cccc(Br)n1. The molecule has 0 radical (unpaired) electrons. The van der Waals surface area contributed by atoms with Crippen LogP contribution >= 0.6 is 15.9 Å². The Morgan fingerprint density at radius 3 is 3.00 bits per heavy atom. The Hall–Kier alpha value is -1.66. The minimum Gasteiger partial charge on any atom is -0.467 e. The summed E-state index contributed by atoms with van der Waals surface area (Å²) in [6, 6.07) is 8.91. The van der Waals surface area contributed by atoms with Gasteiger partial charge in [0.05, 0.1) is 6.26 Å². The molecule has 1 amide bonds. The summed E-state index contributed by atoms with van der Waals surface area (Å²) in [6.45, 7) is 1.56. The van der Waals surface area contributed by atoms with E-state index in [0.29, 0.717) is 30.1 Å². The van der Waals surface area contributed by atoms with E-state index in [-0.39, 0.29) is 5.91 Å². The van der Waals surface area contributed by atoms with Crippen molar-refractivity contribution in [3.8, 4) is 0 Å². The third-order valence-electron chi connectivity index (χ3n) is 2.52. The van der Waals surface area contributed by atoms with Crippen LogP contribution < -0.4 is 5.32 Å². The van der Waals surface area contributed by atoms with Crippen LogP contribution in [-0.2, 0) is 11.3 Å². The summed E-state index contributed by atoms with van der Waals surface area (Å²) < 4.78 is 11.2. The maximum atomic E-state index is 11.8. The van der Waals surface area contributed by atoms with Gasteiger partial charge in [-0.05, 0) is 46.6 Å². The summed E-state index contributed by atoms with van der Waals surface area (Å²) in [5.41, 5.74) is 0.399. The van der Waals surface area contributed by atoms with Crippen molar-refractivity contribution in [2.75, 3.05) is 13.2 Å². The van der Waals surface area contributed by atoms with E-state index in [4.69, 9.17) is 9.15 Å². The number of nitrogens with one attached hydrogen (secondary N) is 1. The summed E-state index contributed by atoms with van der Waals surface area (Å²) in [5, 5.41) is 2.79. The van der Waals surface area contributed by atoms with Gasteiger partial charge in [0.1, 0.15) is 22.7 Å². The van der Waals surface area contributed by atoms with Crippen molar-refractivity contribution in [3.63, 3.8) is 0 Å². The first-order valence-electron chi connectivity index (χ1n) is 6.26. The van der Waals surface area contributed by atoms with Crippen LogP contribution in [0, 0.1) is 0 Å². The molecule has 0 saturated carbocycles. The fourth-order valence-electron chi connectivity index (χ4n) is 1.57. The number of nitrogens with zero attached hydrogens (tertiary/aromatic N) is 1. The van der Waals surface area contributed by atoms with E-state index in [9.17, 15) is 4.79 Å². The highest BCUT2D eigenvalue weighted by molar-refractivity contribution is 9.10. The molecule has 0 aliphatic heterocycles. The van der Waals surface area contributed by atoms with Gasteiger partial charge in [-0.15, -0.1) is 0 Å². The molecule has 0 aliphatic rings. The summed E-state index contributed by atoms with van der Waals surface area (Å²) in [7, 11) is 0. The van der Waals surface area contributed by atoms with Gasteiger partial charge in [-0.3, -0.25) is 4.79 Å². The number of amides is 1. The average molecular weight is 339 g/mol.